The fourth-order valence-corrected chi connectivity index (χ4v) is 5.59. The molecule has 2 N–H and O–H groups in total. The van der Waals surface area contributed by atoms with Crippen LogP contribution in [0.5, 0.6) is 0 Å². The summed E-state index contributed by atoms with van der Waals surface area (Å²) in [5.74, 6) is -1.07. The van der Waals surface area contributed by atoms with Crippen LogP contribution in [-0.2, 0) is 17.8 Å². The van der Waals surface area contributed by atoms with Gasteiger partial charge in [-0.2, -0.15) is 26.3 Å². The maximum Gasteiger partial charge on any atom is 0.417 e. The second kappa shape index (κ2) is 14.3. The van der Waals surface area contributed by atoms with Crippen LogP contribution in [-0.4, -0.2) is 17.4 Å². The van der Waals surface area contributed by atoms with Crippen molar-refractivity contribution in [2.24, 2.45) is 0 Å². The largest absolute Gasteiger partial charge is 0.417 e. The van der Waals surface area contributed by atoms with E-state index in [2.05, 4.69) is 17.6 Å². The third kappa shape index (κ3) is 8.91. The van der Waals surface area contributed by atoms with Gasteiger partial charge in [0.1, 0.15) is 0 Å². The Kier molecular flexibility index (Phi) is 11.4. The van der Waals surface area contributed by atoms with E-state index in [1.165, 1.54) is 30.3 Å². The molecule has 1 atom stereocenters. The SMILES string of the molecule is CCCCC(C)(C)NC(=O)c1ccc(C(=O)Nc2ccc(-c3ccc(C(C)(CC)CCC)cc3C(F)(F)F)c(C(F)(F)F)c2)cc1. The number of rotatable bonds is 12. The van der Waals surface area contributed by atoms with Crippen LogP contribution in [0.15, 0.2) is 60.7 Å². The number of anilines is 1. The molecule has 0 radical (unpaired) electrons. The molecule has 10 heteroatoms. The molecule has 0 fully saturated rings. The van der Waals surface area contributed by atoms with Gasteiger partial charge in [0.05, 0.1) is 11.1 Å². The lowest BCUT2D eigenvalue weighted by molar-refractivity contribution is -0.139. The number of benzene rings is 3. The summed E-state index contributed by atoms with van der Waals surface area (Å²) in [4.78, 5) is 25.6. The van der Waals surface area contributed by atoms with Crippen molar-refractivity contribution in [2.45, 2.75) is 103 Å². The number of alkyl halides is 6. The summed E-state index contributed by atoms with van der Waals surface area (Å²) in [7, 11) is 0. The average Bonchev–Trinajstić information content (AvgIpc) is 2.98. The molecule has 0 heterocycles. The highest BCUT2D eigenvalue weighted by molar-refractivity contribution is 6.05. The number of halogens is 6. The summed E-state index contributed by atoms with van der Waals surface area (Å²) < 4.78 is 85.8. The summed E-state index contributed by atoms with van der Waals surface area (Å²) in [6.45, 7) is 11.5. The number of carbonyl (C=O) groups excluding carboxylic acids is 2. The Labute approximate surface area is 267 Å². The highest BCUT2D eigenvalue weighted by atomic mass is 19.4. The molecule has 0 aromatic heterocycles. The molecule has 3 aromatic rings. The predicted molar refractivity (Wildman–Crippen MR) is 170 cm³/mol. The van der Waals surface area contributed by atoms with Crippen molar-refractivity contribution in [3.05, 3.63) is 88.5 Å². The Bertz CT molecular complexity index is 1530. The molecule has 0 aliphatic rings. The van der Waals surface area contributed by atoms with Crippen molar-refractivity contribution in [1.82, 2.24) is 5.32 Å². The second-order valence-corrected chi connectivity index (χ2v) is 12.7. The van der Waals surface area contributed by atoms with E-state index in [-0.39, 0.29) is 17.2 Å². The monoisotopic (exact) mass is 648 g/mol. The van der Waals surface area contributed by atoms with Crippen LogP contribution in [0.4, 0.5) is 32.0 Å². The van der Waals surface area contributed by atoms with Crippen LogP contribution in [0.2, 0.25) is 0 Å². The van der Waals surface area contributed by atoms with Gasteiger partial charge in [0.25, 0.3) is 11.8 Å². The molecule has 4 nitrogen and oxygen atoms in total. The number of unbranched alkanes of at least 4 members (excludes halogenated alkanes) is 1. The van der Waals surface area contributed by atoms with Gasteiger partial charge in [-0.3, -0.25) is 9.59 Å². The molecule has 1 unspecified atom stereocenters. The van der Waals surface area contributed by atoms with Crippen LogP contribution < -0.4 is 10.6 Å². The smallest absolute Gasteiger partial charge is 0.347 e. The predicted octanol–water partition coefficient (Wildman–Crippen LogP) is 10.8. The van der Waals surface area contributed by atoms with Gasteiger partial charge in [0.15, 0.2) is 0 Å². The van der Waals surface area contributed by atoms with Crippen molar-refractivity contribution in [3.8, 4) is 11.1 Å². The zero-order chi connectivity index (χ0) is 34.5. The Morgan fingerprint density at radius 2 is 1.17 bits per heavy atom. The summed E-state index contributed by atoms with van der Waals surface area (Å²) in [6.07, 6.45) is -5.30. The van der Waals surface area contributed by atoms with Crippen LogP contribution in [0.3, 0.4) is 0 Å². The molecule has 46 heavy (non-hydrogen) atoms. The molecular formula is C36H42F6N2O2. The van der Waals surface area contributed by atoms with Crippen molar-refractivity contribution < 1.29 is 35.9 Å². The van der Waals surface area contributed by atoms with Crippen molar-refractivity contribution >= 4 is 17.5 Å². The summed E-state index contributed by atoms with van der Waals surface area (Å²) in [6, 6.07) is 11.9. The van der Waals surface area contributed by atoms with Gasteiger partial charge >= 0.3 is 12.4 Å². The lowest BCUT2D eigenvalue weighted by Crippen LogP contribution is -2.43. The van der Waals surface area contributed by atoms with Crippen molar-refractivity contribution in [3.63, 3.8) is 0 Å². The summed E-state index contributed by atoms with van der Waals surface area (Å²) in [5, 5.41) is 5.34. The fraction of sp³-hybridized carbons (Fsp3) is 0.444. The first kappa shape index (κ1) is 36.6. The van der Waals surface area contributed by atoms with E-state index >= 15 is 0 Å². The first-order chi connectivity index (χ1) is 21.3. The molecule has 0 aliphatic carbocycles. The summed E-state index contributed by atoms with van der Waals surface area (Å²) in [5.41, 5.74) is -4.14. The number of amides is 2. The van der Waals surface area contributed by atoms with E-state index in [9.17, 15) is 35.9 Å². The molecule has 250 valence electrons. The normalized spacial score (nSPS) is 13.7. The topological polar surface area (TPSA) is 58.2 Å². The minimum atomic E-state index is -5.02. The maximum atomic E-state index is 14.3. The van der Waals surface area contributed by atoms with E-state index in [0.717, 1.165) is 49.9 Å². The number of hydrogen-bond acceptors (Lipinski definition) is 2. The van der Waals surface area contributed by atoms with Gasteiger partial charge < -0.3 is 10.6 Å². The highest BCUT2D eigenvalue weighted by Crippen LogP contribution is 2.45. The Balaban J connectivity index is 1.93. The molecule has 0 saturated carbocycles. The number of hydrogen-bond donors (Lipinski definition) is 2. The first-order valence-corrected chi connectivity index (χ1v) is 15.5. The van der Waals surface area contributed by atoms with E-state index in [1.54, 1.807) is 0 Å². The minimum absolute atomic E-state index is 0.0837. The van der Waals surface area contributed by atoms with E-state index < -0.39 is 51.5 Å². The number of nitrogens with one attached hydrogen (secondary N) is 2. The molecule has 0 spiro atoms. The molecule has 2 amide bonds. The van der Waals surface area contributed by atoms with E-state index in [1.807, 2.05) is 34.6 Å². The third-order valence-electron chi connectivity index (χ3n) is 8.49. The molecule has 3 rings (SSSR count). The molecule has 0 bridgehead atoms. The standard InChI is InChI=1S/C36H42F6N2O2/c1-7-10-20-33(4,5)44-32(46)24-13-11-23(12-14-24)31(45)43-26-16-18-28(30(22-26)36(40,41)42)27-17-15-25(21-29(27)35(37,38)39)34(6,9-3)19-8-2/h11-18,21-22H,7-10,19-20H2,1-6H3,(H,43,45)(H,44,46). The second-order valence-electron chi connectivity index (χ2n) is 12.7. The molecule has 0 aliphatic heterocycles. The summed E-state index contributed by atoms with van der Waals surface area (Å²) >= 11 is 0. The average molecular weight is 649 g/mol. The van der Waals surface area contributed by atoms with Crippen LogP contribution >= 0.6 is 0 Å². The van der Waals surface area contributed by atoms with E-state index in [0.29, 0.717) is 30.0 Å². The van der Waals surface area contributed by atoms with Crippen LogP contribution in [0, 0.1) is 0 Å². The van der Waals surface area contributed by atoms with Gasteiger partial charge in [0.2, 0.25) is 0 Å². The quantitative estimate of drug-likeness (QED) is 0.192. The lowest BCUT2D eigenvalue weighted by Gasteiger charge is -2.30. The molecule has 3 aromatic carbocycles. The van der Waals surface area contributed by atoms with Crippen molar-refractivity contribution in [2.75, 3.05) is 5.32 Å². The fourth-order valence-electron chi connectivity index (χ4n) is 5.59. The highest BCUT2D eigenvalue weighted by Gasteiger charge is 2.40. The zero-order valence-corrected chi connectivity index (χ0v) is 27.1. The Hall–Kier alpha value is -3.82. The van der Waals surface area contributed by atoms with Crippen LogP contribution in [0.25, 0.3) is 11.1 Å². The van der Waals surface area contributed by atoms with Gasteiger partial charge in [-0.25, -0.2) is 0 Å². The van der Waals surface area contributed by atoms with E-state index in [4.69, 9.17) is 0 Å². The van der Waals surface area contributed by atoms with Crippen LogP contribution in [0.1, 0.15) is 117 Å². The van der Waals surface area contributed by atoms with Gasteiger partial charge in [0, 0.05) is 22.4 Å². The Morgan fingerprint density at radius 3 is 1.67 bits per heavy atom. The third-order valence-corrected chi connectivity index (χ3v) is 8.49. The maximum absolute atomic E-state index is 14.3. The lowest BCUT2D eigenvalue weighted by atomic mass is 9.75. The molecule has 0 saturated heterocycles. The minimum Gasteiger partial charge on any atom is -0.347 e. The van der Waals surface area contributed by atoms with Crippen molar-refractivity contribution in [1.29, 1.82) is 0 Å². The zero-order valence-electron chi connectivity index (χ0n) is 27.1. The first-order valence-electron chi connectivity index (χ1n) is 15.5. The Morgan fingerprint density at radius 1 is 0.652 bits per heavy atom. The van der Waals surface area contributed by atoms with Gasteiger partial charge in [-0.15, -0.1) is 0 Å². The molecular weight excluding hydrogens is 606 g/mol. The van der Waals surface area contributed by atoms with Gasteiger partial charge in [-0.05, 0) is 97.7 Å². The number of carbonyl (C=O) groups is 2. The van der Waals surface area contributed by atoms with Gasteiger partial charge in [-0.1, -0.05) is 65.2 Å².